The third kappa shape index (κ3) is 4.93. The number of nitrogens with two attached hydrogens (primary N) is 3. The van der Waals surface area contributed by atoms with Crippen molar-refractivity contribution in [3.8, 4) is 0 Å². The topological polar surface area (TPSA) is 226 Å². The molecule has 2 aromatic heterocycles. The largest absolute Gasteiger partial charge is 0.480 e. The molecular formula is C21H33N7O5. The lowest BCUT2D eigenvalue weighted by Crippen LogP contribution is -2.41. The molecule has 12 heteroatoms. The molecule has 8 atom stereocenters. The molecule has 12 nitrogen and oxygen atoms in total. The SMILES string of the molecule is CC(C[C@@H]1[C@H](CC(C)[C@H](N)C(=O)O)[C@@H](c2c[nH]c3c(N)ncnc23)N[C@H]1CO)C(N)C(=O)O. The van der Waals surface area contributed by atoms with Gasteiger partial charge in [0.15, 0.2) is 5.82 Å². The van der Waals surface area contributed by atoms with Gasteiger partial charge in [-0.1, -0.05) is 13.8 Å². The first-order valence-corrected chi connectivity index (χ1v) is 11.0. The van der Waals surface area contributed by atoms with Crippen LogP contribution in [0.5, 0.6) is 0 Å². The van der Waals surface area contributed by atoms with Gasteiger partial charge in [0.1, 0.15) is 23.9 Å². The number of carboxylic acid groups (broad SMARTS) is 2. The Balaban J connectivity index is 2.00. The van der Waals surface area contributed by atoms with Gasteiger partial charge < -0.3 is 42.8 Å². The number of H-pyrrole nitrogens is 1. The summed E-state index contributed by atoms with van der Waals surface area (Å²) in [4.78, 5) is 34.4. The van der Waals surface area contributed by atoms with Gasteiger partial charge in [-0.2, -0.15) is 0 Å². The van der Waals surface area contributed by atoms with Crippen LogP contribution in [0.3, 0.4) is 0 Å². The summed E-state index contributed by atoms with van der Waals surface area (Å²) in [6, 6.07) is -2.75. The van der Waals surface area contributed by atoms with Crippen LogP contribution >= 0.6 is 0 Å². The first-order valence-electron chi connectivity index (χ1n) is 11.0. The molecule has 3 heterocycles. The Kier molecular flexibility index (Phi) is 7.52. The van der Waals surface area contributed by atoms with E-state index in [0.717, 1.165) is 5.56 Å². The standard InChI is InChI=1S/C21H33N7O5/c1-8(14(22)20(30)31)3-10-11(4-9(2)15(23)21(32)33)16(28-13(10)6-29)12-5-25-18-17(12)26-7-27-19(18)24/h5,7-11,13-16,25,28-29H,3-4,6,22-23H2,1-2H3,(H,30,31)(H,32,33)(H2,24,26,27)/t8?,9?,10-,11+,13+,14?,15+,16+/m1/s1. The van der Waals surface area contributed by atoms with E-state index in [1.54, 1.807) is 20.0 Å². The first-order chi connectivity index (χ1) is 15.6. The zero-order valence-electron chi connectivity index (χ0n) is 18.7. The van der Waals surface area contributed by atoms with Gasteiger partial charge in [-0.05, 0) is 36.5 Å². The summed E-state index contributed by atoms with van der Waals surface area (Å²) in [7, 11) is 0. The number of nitrogens with one attached hydrogen (secondary N) is 2. The number of hydrogen-bond donors (Lipinski definition) is 8. The lowest BCUT2D eigenvalue weighted by atomic mass is 9.74. The summed E-state index contributed by atoms with van der Waals surface area (Å²) >= 11 is 0. The predicted molar refractivity (Wildman–Crippen MR) is 121 cm³/mol. The fourth-order valence-corrected chi connectivity index (χ4v) is 5.04. The third-order valence-electron chi connectivity index (χ3n) is 7.03. The van der Waals surface area contributed by atoms with Crippen molar-refractivity contribution < 1.29 is 24.9 Å². The van der Waals surface area contributed by atoms with E-state index in [9.17, 15) is 24.9 Å². The molecule has 33 heavy (non-hydrogen) atoms. The summed E-state index contributed by atoms with van der Waals surface area (Å²) in [6.07, 6.45) is 4.03. The van der Waals surface area contributed by atoms with Crippen LogP contribution in [0.4, 0.5) is 5.82 Å². The second kappa shape index (κ2) is 10.00. The van der Waals surface area contributed by atoms with Crippen molar-refractivity contribution in [1.29, 1.82) is 0 Å². The molecule has 1 aliphatic heterocycles. The normalized spacial score (nSPS) is 26.7. The Hall–Kier alpha value is -2.80. The molecule has 2 aromatic rings. The number of rotatable bonds is 10. The van der Waals surface area contributed by atoms with Crippen molar-refractivity contribution in [2.75, 3.05) is 12.3 Å². The van der Waals surface area contributed by atoms with Gasteiger partial charge in [-0.25, -0.2) is 9.97 Å². The predicted octanol–water partition coefficient (Wildman–Crippen LogP) is -0.346. The number of carboxylic acids is 2. The summed E-state index contributed by atoms with van der Waals surface area (Å²) in [5, 5.41) is 32.3. The molecule has 0 amide bonds. The summed E-state index contributed by atoms with van der Waals surface area (Å²) < 4.78 is 0. The third-order valence-corrected chi connectivity index (χ3v) is 7.03. The van der Waals surface area contributed by atoms with Gasteiger partial charge in [-0.3, -0.25) is 9.59 Å². The minimum absolute atomic E-state index is 0.166. The van der Waals surface area contributed by atoms with Gasteiger partial charge in [0.25, 0.3) is 0 Å². The number of aromatic nitrogens is 3. The number of aliphatic hydroxyl groups is 1. The molecule has 1 fully saturated rings. The van der Waals surface area contributed by atoms with Crippen molar-refractivity contribution in [2.45, 2.75) is 50.9 Å². The maximum atomic E-state index is 11.5. The highest BCUT2D eigenvalue weighted by Crippen LogP contribution is 2.45. The first kappa shape index (κ1) is 24.8. The average molecular weight is 464 g/mol. The van der Waals surface area contributed by atoms with Gasteiger partial charge >= 0.3 is 11.9 Å². The van der Waals surface area contributed by atoms with Crippen LogP contribution in [0.15, 0.2) is 12.5 Å². The number of carbonyl (C=O) groups is 2. The van der Waals surface area contributed by atoms with Crippen molar-refractivity contribution in [3.05, 3.63) is 18.1 Å². The van der Waals surface area contributed by atoms with E-state index < -0.39 is 24.0 Å². The van der Waals surface area contributed by atoms with Crippen molar-refractivity contribution in [2.24, 2.45) is 35.1 Å². The molecule has 11 N–H and O–H groups in total. The Morgan fingerprint density at radius 2 is 1.64 bits per heavy atom. The number of anilines is 1. The van der Waals surface area contributed by atoms with E-state index in [1.165, 1.54) is 6.33 Å². The molecule has 0 saturated carbocycles. The highest BCUT2D eigenvalue weighted by atomic mass is 16.4. The zero-order chi connectivity index (χ0) is 24.4. The zero-order valence-corrected chi connectivity index (χ0v) is 18.7. The molecule has 1 aliphatic rings. The second-order valence-electron chi connectivity index (χ2n) is 9.14. The van der Waals surface area contributed by atoms with Crippen LogP contribution < -0.4 is 22.5 Å². The maximum Gasteiger partial charge on any atom is 0.320 e. The van der Waals surface area contributed by atoms with Gasteiger partial charge in [0.05, 0.1) is 12.1 Å². The molecule has 1 saturated heterocycles. The minimum Gasteiger partial charge on any atom is -0.480 e. The summed E-state index contributed by atoms with van der Waals surface area (Å²) in [5.74, 6) is -2.95. The quantitative estimate of drug-likeness (QED) is 0.227. The highest BCUT2D eigenvalue weighted by Gasteiger charge is 2.46. The number of aliphatic hydroxyl groups excluding tert-OH is 1. The van der Waals surface area contributed by atoms with E-state index in [0.29, 0.717) is 29.7 Å². The van der Waals surface area contributed by atoms with Gasteiger partial charge in [0, 0.05) is 23.8 Å². The summed E-state index contributed by atoms with van der Waals surface area (Å²) in [5.41, 5.74) is 19.8. The fraction of sp³-hybridized carbons (Fsp3) is 0.619. The van der Waals surface area contributed by atoms with Crippen LogP contribution in [-0.4, -0.2) is 66.9 Å². The lowest BCUT2D eigenvalue weighted by molar-refractivity contribution is -0.141. The lowest BCUT2D eigenvalue weighted by Gasteiger charge is -2.31. The van der Waals surface area contributed by atoms with Crippen LogP contribution in [-0.2, 0) is 9.59 Å². The Labute approximate surface area is 191 Å². The van der Waals surface area contributed by atoms with Crippen LogP contribution in [0.1, 0.15) is 38.3 Å². The molecular weight excluding hydrogens is 430 g/mol. The van der Waals surface area contributed by atoms with Gasteiger partial charge in [-0.15, -0.1) is 0 Å². The number of aromatic amines is 1. The fourth-order valence-electron chi connectivity index (χ4n) is 5.04. The molecule has 3 unspecified atom stereocenters. The summed E-state index contributed by atoms with van der Waals surface area (Å²) in [6.45, 7) is 3.37. The molecule has 0 bridgehead atoms. The van der Waals surface area contributed by atoms with Gasteiger partial charge in [0.2, 0.25) is 0 Å². The smallest absolute Gasteiger partial charge is 0.320 e. The van der Waals surface area contributed by atoms with E-state index in [-0.39, 0.29) is 42.4 Å². The molecule has 3 rings (SSSR count). The Morgan fingerprint density at radius 3 is 2.18 bits per heavy atom. The number of fused-ring (bicyclic) bond motifs is 1. The molecule has 0 aromatic carbocycles. The number of nitrogen functional groups attached to an aromatic ring is 1. The number of hydrogen-bond acceptors (Lipinski definition) is 9. The second-order valence-corrected chi connectivity index (χ2v) is 9.14. The average Bonchev–Trinajstić information content (AvgIpc) is 3.34. The van der Waals surface area contributed by atoms with Crippen molar-refractivity contribution in [1.82, 2.24) is 20.3 Å². The Bertz CT molecular complexity index is 999. The van der Waals surface area contributed by atoms with E-state index in [2.05, 4.69) is 20.3 Å². The van der Waals surface area contributed by atoms with Crippen LogP contribution in [0.2, 0.25) is 0 Å². The van der Waals surface area contributed by atoms with Crippen LogP contribution in [0.25, 0.3) is 11.0 Å². The number of aliphatic carboxylic acids is 2. The van der Waals surface area contributed by atoms with E-state index in [4.69, 9.17) is 17.2 Å². The molecule has 0 spiro atoms. The maximum absolute atomic E-state index is 11.5. The monoisotopic (exact) mass is 463 g/mol. The molecule has 0 radical (unpaired) electrons. The molecule has 182 valence electrons. The van der Waals surface area contributed by atoms with E-state index >= 15 is 0 Å². The highest BCUT2D eigenvalue weighted by molar-refractivity contribution is 5.87. The number of nitrogens with zero attached hydrogens (tertiary/aromatic N) is 2. The Morgan fingerprint density at radius 1 is 1.06 bits per heavy atom. The van der Waals surface area contributed by atoms with E-state index in [1.807, 2.05) is 0 Å². The van der Waals surface area contributed by atoms with Crippen molar-refractivity contribution in [3.63, 3.8) is 0 Å². The minimum atomic E-state index is -1.09. The molecule has 0 aliphatic carbocycles. The van der Waals surface area contributed by atoms with Crippen LogP contribution in [0, 0.1) is 23.7 Å². The van der Waals surface area contributed by atoms with Crippen molar-refractivity contribution >= 4 is 28.8 Å².